The van der Waals surface area contributed by atoms with Gasteiger partial charge in [0.15, 0.2) is 0 Å². The predicted octanol–water partition coefficient (Wildman–Crippen LogP) is 3.20. The van der Waals surface area contributed by atoms with Crippen molar-refractivity contribution in [3.05, 3.63) is 0 Å². The second kappa shape index (κ2) is 9.20. The molecule has 0 aromatic rings. The molecule has 0 aliphatic carbocycles. The van der Waals surface area contributed by atoms with Crippen LogP contribution in [0.3, 0.4) is 0 Å². The van der Waals surface area contributed by atoms with Crippen molar-refractivity contribution in [2.45, 2.75) is 52.9 Å². The Bertz CT molecular complexity index is 141. The van der Waals surface area contributed by atoms with Gasteiger partial charge in [-0.2, -0.15) is 0 Å². The molecule has 0 aromatic carbocycles. The molecule has 0 bridgehead atoms. The highest BCUT2D eigenvalue weighted by Crippen LogP contribution is 2.07. The third-order valence-electron chi connectivity index (χ3n) is 2.11. The Morgan fingerprint density at radius 1 is 1.21 bits per heavy atom. The predicted molar refractivity (Wildman–Crippen MR) is 59.4 cm³/mol. The summed E-state index contributed by atoms with van der Waals surface area (Å²) in [6, 6.07) is 0. The van der Waals surface area contributed by atoms with Crippen molar-refractivity contribution in [2.75, 3.05) is 13.2 Å². The van der Waals surface area contributed by atoms with Crippen molar-refractivity contribution in [2.24, 2.45) is 5.92 Å². The first kappa shape index (κ1) is 13.6. The fourth-order valence-corrected chi connectivity index (χ4v) is 1.26. The van der Waals surface area contributed by atoms with E-state index in [0.29, 0.717) is 24.7 Å². The lowest BCUT2D eigenvalue weighted by molar-refractivity contribution is -0.120. The second-order valence-electron chi connectivity index (χ2n) is 4.19. The zero-order valence-electron chi connectivity index (χ0n) is 9.84. The van der Waals surface area contributed by atoms with Crippen LogP contribution in [0.15, 0.2) is 0 Å². The summed E-state index contributed by atoms with van der Waals surface area (Å²) >= 11 is 0. The van der Waals surface area contributed by atoms with Crippen LogP contribution in [0.25, 0.3) is 0 Å². The number of carbonyl (C=O) groups is 1. The topological polar surface area (TPSA) is 26.3 Å². The minimum atomic E-state index is 0.349. The van der Waals surface area contributed by atoms with Gasteiger partial charge in [-0.25, -0.2) is 0 Å². The Hall–Kier alpha value is -0.370. The molecule has 84 valence electrons. The highest BCUT2D eigenvalue weighted by atomic mass is 16.5. The first-order valence-electron chi connectivity index (χ1n) is 5.76. The molecule has 0 spiro atoms. The van der Waals surface area contributed by atoms with E-state index in [0.717, 1.165) is 32.3 Å². The molecule has 0 N–H and O–H groups in total. The summed E-state index contributed by atoms with van der Waals surface area (Å²) in [5, 5.41) is 0. The molecule has 0 saturated heterocycles. The van der Waals surface area contributed by atoms with Gasteiger partial charge in [0.05, 0.1) is 6.61 Å². The standard InChI is InChI=1S/C12H24O2/c1-4-9-14-10-8-12(13)7-5-6-11(2)3/h11H,4-10H2,1-3H3. The van der Waals surface area contributed by atoms with Crippen LogP contribution < -0.4 is 0 Å². The number of Topliss-reactive ketones (excluding diaryl/α,β-unsaturated/α-hetero) is 1. The third kappa shape index (κ3) is 9.72. The summed E-state index contributed by atoms with van der Waals surface area (Å²) in [6.45, 7) is 7.84. The minimum Gasteiger partial charge on any atom is -0.381 e. The molecule has 0 rings (SSSR count). The van der Waals surface area contributed by atoms with Crippen LogP contribution in [0.5, 0.6) is 0 Å². The average Bonchev–Trinajstić information content (AvgIpc) is 2.12. The molecule has 0 fully saturated rings. The lowest BCUT2D eigenvalue weighted by Crippen LogP contribution is -2.05. The molecule has 0 radical (unpaired) electrons. The zero-order chi connectivity index (χ0) is 10.8. The van der Waals surface area contributed by atoms with Gasteiger partial charge in [0.25, 0.3) is 0 Å². The maximum absolute atomic E-state index is 11.3. The Morgan fingerprint density at radius 2 is 1.93 bits per heavy atom. The molecule has 2 heteroatoms. The summed E-state index contributed by atoms with van der Waals surface area (Å²) in [5.41, 5.74) is 0. The van der Waals surface area contributed by atoms with Gasteiger partial charge in [0, 0.05) is 19.4 Å². The zero-order valence-corrected chi connectivity index (χ0v) is 9.84. The van der Waals surface area contributed by atoms with E-state index in [1.807, 2.05) is 0 Å². The van der Waals surface area contributed by atoms with Crippen molar-refractivity contribution >= 4 is 5.78 Å². The van der Waals surface area contributed by atoms with Crippen molar-refractivity contribution in [3.63, 3.8) is 0 Å². The Kier molecular flexibility index (Phi) is 8.95. The Morgan fingerprint density at radius 3 is 2.50 bits per heavy atom. The van der Waals surface area contributed by atoms with Gasteiger partial charge in [0.2, 0.25) is 0 Å². The summed E-state index contributed by atoms with van der Waals surface area (Å²) < 4.78 is 5.26. The summed E-state index contributed by atoms with van der Waals surface area (Å²) in [4.78, 5) is 11.3. The molecule has 0 unspecified atom stereocenters. The lowest BCUT2D eigenvalue weighted by Gasteiger charge is -2.04. The molecular formula is C12H24O2. The molecule has 2 nitrogen and oxygen atoms in total. The molecule has 0 saturated carbocycles. The van der Waals surface area contributed by atoms with Gasteiger partial charge in [-0.3, -0.25) is 4.79 Å². The van der Waals surface area contributed by atoms with Crippen LogP contribution in [0, 0.1) is 5.92 Å². The SMILES string of the molecule is CCCOCCC(=O)CCCC(C)C. The van der Waals surface area contributed by atoms with E-state index in [9.17, 15) is 4.79 Å². The van der Waals surface area contributed by atoms with E-state index in [-0.39, 0.29) is 0 Å². The van der Waals surface area contributed by atoms with Crippen molar-refractivity contribution in [3.8, 4) is 0 Å². The molecule has 0 aliphatic heterocycles. The summed E-state index contributed by atoms with van der Waals surface area (Å²) in [6.07, 6.45) is 4.54. The van der Waals surface area contributed by atoms with Crippen LogP contribution in [-0.4, -0.2) is 19.0 Å². The van der Waals surface area contributed by atoms with E-state index < -0.39 is 0 Å². The van der Waals surface area contributed by atoms with E-state index >= 15 is 0 Å². The van der Waals surface area contributed by atoms with Crippen LogP contribution in [-0.2, 0) is 9.53 Å². The van der Waals surface area contributed by atoms with Crippen molar-refractivity contribution in [1.29, 1.82) is 0 Å². The van der Waals surface area contributed by atoms with Gasteiger partial charge in [-0.1, -0.05) is 27.2 Å². The first-order chi connectivity index (χ1) is 6.66. The number of carbonyl (C=O) groups excluding carboxylic acids is 1. The highest BCUT2D eigenvalue weighted by Gasteiger charge is 2.02. The average molecular weight is 200 g/mol. The smallest absolute Gasteiger partial charge is 0.135 e. The fourth-order valence-electron chi connectivity index (χ4n) is 1.26. The quantitative estimate of drug-likeness (QED) is 0.534. The maximum Gasteiger partial charge on any atom is 0.135 e. The highest BCUT2D eigenvalue weighted by molar-refractivity contribution is 5.78. The van der Waals surface area contributed by atoms with Crippen LogP contribution in [0.4, 0.5) is 0 Å². The minimum absolute atomic E-state index is 0.349. The second-order valence-corrected chi connectivity index (χ2v) is 4.19. The maximum atomic E-state index is 11.3. The number of hydrogen-bond acceptors (Lipinski definition) is 2. The van der Waals surface area contributed by atoms with Crippen molar-refractivity contribution < 1.29 is 9.53 Å². The molecule has 14 heavy (non-hydrogen) atoms. The number of ketones is 1. The van der Waals surface area contributed by atoms with Crippen LogP contribution in [0.1, 0.15) is 52.9 Å². The van der Waals surface area contributed by atoms with Crippen LogP contribution in [0.2, 0.25) is 0 Å². The van der Waals surface area contributed by atoms with Gasteiger partial charge in [0.1, 0.15) is 5.78 Å². The molecule has 0 amide bonds. The molecular weight excluding hydrogens is 176 g/mol. The lowest BCUT2D eigenvalue weighted by atomic mass is 10.0. The van der Waals surface area contributed by atoms with Gasteiger partial charge < -0.3 is 4.74 Å². The van der Waals surface area contributed by atoms with Gasteiger partial charge in [-0.05, 0) is 18.8 Å². The monoisotopic (exact) mass is 200 g/mol. The van der Waals surface area contributed by atoms with E-state index in [1.54, 1.807) is 0 Å². The summed E-state index contributed by atoms with van der Waals surface area (Å²) in [5.74, 6) is 1.06. The normalized spacial score (nSPS) is 10.9. The first-order valence-corrected chi connectivity index (χ1v) is 5.76. The number of hydrogen-bond donors (Lipinski definition) is 0. The molecule has 0 aliphatic rings. The molecule has 0 heterocycles. The van der Waals surface area contributed by atoms with E-state index in [1.165, 1.54) is 0 Å². The number of rotatable bonds is 9. The van der Waals surface area contributed by atoms with Crippen molar-refractivity contribution in [1.82, 2.24) is 0 Å². The summed E-state index contributed by atoms with van der Waals surface area (Å²) in [7, 11) is 0. The molecule has 0 aromatic heterocycles. The van der Waals surface area contributed by atoms with Crippen LogP contribution >= 0.6 is 0 Å². The Labute approximate surface area is 88.0 Å². The van der Waals surface area contributed by atoms with Gasteiger partial charge >= 0.3 is 0 Å². The Balaban J connectivity index is 3.20. The fraction of sp³-hybridized carbons (Fsp3) is 0.917. The molecule has 0 atom stereocenters. The van der Waals surface area contributed by atoms with Gasteiger partial charge in [-0.15, -0.1) is 0 Å². The van der Waals surface area contributed by atoms with E-state index in [2.05, 4.69) is 20.8 Å². The largest absolute Gasteiger partial charge is 0.381 e. The van der Waals surface area contributed by atoms with E-state index in [4.69, 9.17) is 4.74 Å². The third-order valence-corrected chi connectivity index (χ3v) is 2.11. The number of ether oxygens (including phenoxy) is 1.